The average Bonchev–Trinajstić information content (AvgIpc) is 3.33. The predicted octanol–water partition coefficient (Wildman–Crippen LogP) is 3.02. The molecule has 2 N–H and O–H groups in total. The van der Waals surface area contributed by atoms with Crippen LogP contribution in [0.25, 0.3) is 11.4 Å². The van der Waals surface area contributed by atoms with Gasteiger partial charge in [-0.3, -0.25) is 19.7 Å². The van der Waals surface area contributed by atoms with E-state index in [1.807, 2.05) is 42.5 Å². The van der Waals surface area contributed by atoms with Gasteiger partial charge >= 0.3 is 5.97 Å². The third kappa shape index (κ3) is 4.28. The number of ether oxygens (including phenoxy) is 1. The lowest BCUT2D eigenvalue weighted by Crippen LogP contribution is -2.48. The largest absolute Gasteiger partial charge is 0.487 e. The second kappa shape index (κ2) is 8.59. The van der Waals surface area contributed by atoms with E-state index in [0.29, 0.717) is 38.3 Å². The third-order valence-electron chi connectivity index (χ3n) is 5.87. The maximum absolute atomic E-state index is 12.2. The number of aliphatic carboxylic acids is 1. The van der Waals surface area contributed by atoms with Crippen LogP contribution in [0.15, 0.2) is 54.9 Å². The summed E-state index contributed by atoms with van der Waals surface area (Å²) < 4.78 is 5.86. The lowest BCUT2D eigenvalue weighted by molar-refractivity contribution is -0.148. The van der Waals surface area contributed by atoms with Crippen molar-refractivity contribution in [3.8, 4) is 17.1 Å². The van der Waals surface area contributed by atoms with Crippen LogP contribution in [0.2, 0.25) is 0 Å². The fraction of sp³-hybridized carbons (Fsp3) is 0.304. The number of aromatic nitrogens is 3. The minimum atomic E-state index is -0.991. The van der Waals surface area contributed by atoms with E-state index in [4.69, 9.17) is 4.74 Å². The van der Waals surface area contributed by atoms with E-state index in [0.717, 1.165) is 22.5 Å². The molecule has 0 unspecified atom stereocenters. The van der Waals surface area contributed by atoms with E-state index in [1.165, 1.54) is 6.92 Å². The first-order valence-electron chi connectivity index (χ1n) is 10.1. The number of nitrogens with one attached hydrogen (secondary N) is 1. The van der Waals surface area contributed by atoms with Crippen molar-refractivity contribution < 1.29 is 19.4 Å². The summed E-state index contributed by atoms with van der Waals surface area (Å²) in [5.41, 5.74) is 2.23. The van der Waals surface area contributed by atoms with Crippen LogP contribution in [0.5, 0.6) is 5.75 Å². The van der Waals surface area contributed by atoms with Crippen molar-refractivity contribution in [2.45, 2.75) is 31.8 Å². The molecule has 4 rings (SSSR count). The van der Waals surface area contributed by atoms with Crippen LogP contribution in [0, 0.1) is 0 Å². The molecule has 1 fully saturated rings. The molecule has 0 radical (unpaired) electrons. The summed E-state index contributed by atoms with van der Waals surface area (Å²) in [5, 5.41) is 16.8. The molecule has 1 aliphatic rings. The molecule has 0 saturated carbocycles. The first kappa shape index (κ1) is 20.6. The standard InChI is InChI=1S/C23H24N4O4/c1-16(28)27-11-8-23(9-12-27,22(29)30)18-4-2-3-17(13-18)15-31-19-5-6-20(24-14-19)21-7-10-25-26-21/h2-7,10,13-14H,8-9,11-12,15H2,1H3,(H,25,26)(H,29,30). The minimum absolute atomic E-state index is 0.0201. The number of carboxylic acids is 1. The Hall–Kier alpha value is -3.68. The molecule has 8 nitrogen and oxygen atoms in total. The van der Waals surface area contributed by atoms with E-state index in [2.05, 4.69) is 15.2 Å². The molecule has 1 saturated heterocycles. The molecule has 1 aromatic carbocycles. The molecule has 160 valence electrons. The molecule has 8 heteroatoms. The van der Waals surface area contributed by atoms with Crippen LogP contribution in [0.4, 0.5) is 0 Å². The second-order valence-electron chi connectivity index (χ2n) is 7.73. The van der Waals surface area contributed by atoms with Gasteiger partial charge in [0, 0.05) is 26.2 Å². The van der Waals surface area contributed by atoms with Gasteiger partial charge < -0.3 is 14.7 Å². The lowest BCUT2D eigenvalue weighted by Gasteiger charge is -2.39. The van der Waals surface area contributed by atoms with Gasteiger partial charge in [0.1, 0.15) is 12.4 Å². The summed E-state index contributed by atoms with van der Waals surface area (Å²) in [6.45, 7) is 2.70. The third-order valence-corrected chi connectivity index (χ3v) is 5.87. The number of rotatable bonds is 6. The van der Waals surface area contributed by atoms with Crippen molar-refractivity contribution in [2.75, 3.05) is 13.1 Å². The summed E-state index contributed by atoms with van der Waals surface area (Å²) in [5.74, 6) is -0.253. The second-order valence-corrected chi connectivity index (χ2v) is 7.73. The number of pyridine rings is 1. The van der Waals surface area contributed by atoms with Crippen LogP contribution < -0.4 is 4.74 Å². The highest BCUT2D eigenvalue weighted by Crippen LogP contribution is 2.36. The van der Waals surface area contributed by atoms with Crippen molar-refractivity contribution in [3.05, 3.63) is 66.0 Å². The van der Waals surface area contributed by atoms with Crippen LogP contribution in [-0.2, 0) is 21.6 Å². The predicted molar refractivity (Wildman–Crippen MR) is 113 cm³/mol. The molecule has 0 atom stereocenters. The fourth-order valence-electron chi connectivity index (χ4n) is 3.98. The zero-order valence-corrected chi connectivity index (χ0v) is 17.2. The molecule has 1 amide bonds. The lowest BCUT2D eigenvalue weighted by atomic mass is 9.72. The van der Waals surface area contributed by atoms with Crippen molar-refractivity contribution in [2.24, 2.45) is 0 Å². The zero-order chi connectivity index (χ0) is 21.8. The number of hydrogen-bond donors (Lipinski definition) is 2. The number of amides is 1. The molecule has 31 heavy (non-hydrogen) atoms. The van der Waals surface area contributed by atoms with Crippen molar-refractivity contribution >= 4 is 11.9 Å². The Bertz CT molecular complexity index is 1060. The van der Waals surface area contributed by atoms with Gasteiger partial charge in [-0.1, -0.05) is 24.3 Å². The molecule has 0 bridgehead atoms. The number of carbonyl (C=O) groups excluding carboxylic acids is 1. The van der Waals surface area contributed by atoms with Crippen molar-refractivity contribution in [3.63, 3.8) is 0 Å². The van der Waals surface area contributed by atoms with Crippen LogP contribution in [0.1, 0.15) is 30.9 Å². The zero-order valence-electron chi connectivity index (χ0n) is 17.2. The van der Waals surface area contributed by atoms with Crippen LogP contribution >= 0.6 is 0 Å². The SMILES string of the molecule is CC(=O)N1CCC(C(=O)O)(c2cccc(COc3ccc(-c4ccn[nH]4)nc3)c2)CC1. The number of carbonyl (C=O) groups is 2. The van der Waals surface area contributed by atoms with E-state index in [1.54, 1.807) is 17.3 Å². The molecular weight excluding hydrogens is 396 g/mol. The van der Waals surface area contributed by atoms with Crippen molar-refractivity contribution in [1.29, 1.82) is 0 Å². The summed E-state index contributed by atoms with van der Waals surface area (Å²) in [6.07, 6.45) is 4.11. The van der Waals surface area contributed by atoms with Crippen LogP contribution in [-0.4, -0.2) is 50.2 Å². The summed E-state index contributed by atoms with van der Waals surface area (Å²) >= 11 is 0. The van der Waals surface area contributed by atoms with E-state index >= 15 is 0 Å². The Balaban J connectivity index is 1.46. The van der Waals surface area contributed by atoms with Crippen molar-refractivity contribution in [1.82, 2.24) is 20.1 Å². The maximum Gasteiger partial charge on any atom is 0.314 e. The highest BCUT2D eigenvalue weighted by molar-refractivity contribution is 5.82. The van der Waals surface area contributed by atoms with Gasteiger partial charge in [0.2, 0.25) is 5.91 Å². The average molecular weight is 420 g/mol. The maximum atomic E-state index is 12.2. The Kier molecular flexibility index (Phi) is 5.70. The number of likely N-dealkylation sites (tertiary alicyclic amines) is 1. The molecule has 3 aromatic rings. The van der Waals surface area contributed by atoms with E-state index < -0.39 is 11.4 Å². The number of aromatic amines is 1. The number of nitrogens with zero attached hydrogens (tertiary/aromatic N) is 3. The number of carboxylic acid groups (broad SMARTS) is 1. The monoisotopic (exact) mass is 420 g/mol. The first-order chi connectivity index (χ1) is 15.0. The van der Waals surface area contributed by atoms with Crippen LogP contribution in [0.3, 0.4) is 0 Å². The van der Waals surface area contributed by atoms with Gasteiger partial charge in [0.25, 0.3) is 0 Å². The summed E-state index contributed by atoms with van der Waals surface area (Å²) in [7, 11) is 0. The molecule has 1 aliphatic heterocycles. The van der Waals surface area contributed by atoms with Gasteiger partial charge in [-0.2, -0.15) is 5.10 Å². The summed E-state index contributed by atoms with van der Waals surface area (Å²) in [4.78, 5) is 29.9. The Labute approximate surface area is 179 Å². The molecular formula is C23H24N4O4. The smallest absolute Gasteiger partial charge is 0.314 e. The number of piperidine rings is 1. The number of benzene rings is 1. The summed E-state index contributed by atoms with van der Waals surface area (Å²) in [6, 6.07) is 13.0. The molecule has 0 spiro atoms. The first-order valence-corrected chi connectivity index (χ1v) is 10.1. The van der Waals surface area contributed by atoms with Gasteiger partial charge in [-0.05, 0) is 42.2 Å². The Morgan fingerprint density at radius 3 is 2.61 bits per heavy atom. The van der Waals surface area contributed by atoms with Gasteiger partial charge in [0.05, 0.1) is 23.0 Å². The fourth-order valence-corrected chi connectivity index (χ4v) is 3.98. The molecule has 2 aromatic heterocycles. The molecule has 3 heterocycles. The van der Waals surface area contributed by atoms with Gasteiger partial charge in [-0.25, -0.2) is 0 Å². The normalized spacial score (nSPS) is 15.5. The highest BCUT2D eigenvalue weighted by atomic mass is 16.5. The van der Waals surface area contributed by atoms with E-state index in [9.17, 15) is 14.7 Å². The quantitative estimate of drug-likeness (QED) is 0.635. The number of hydrogen-bond acceptors (Lipinski definition) is 5. The highest BCUT2D eigenvalue weighted by Gasteiger charge is 2.43. The van der Waals surface area contributed by atoms with Gasteiger partial charge in [-0.15, -0.1) is 0 Å². The molecule has 0 aliphatic carbocycles. The Morgan fingerprint density at radius 2 is 2.00 bits per heavy atom. The topological polar surface area (TPSA) is 108 Å². The Morgan fingerprint density at radius 1 is 1.19 bits per heavy atom. The van der Waals surface area contributed by atoms with Gasteiger partial charge in [0.15, 0.2) is 0 Å². The minimum Gasteiger partial charge on any atom is -0.487 e. The van der Waals surface area contributed by atoms with E-state index in [-0.39, 0.29) is 5.91 Å². The number of H-pyrrole nitrogens is 1.